The summed E-state index contributed by atoms with van der Waals surface area (Å²) in [6, 6.07) is 16.8. The smallest absolute Gasteiger partial charge is 0.219 e. The second-order valence-corrected chi connectivity index (χ2v) is 7.08. The number of nitrogens with zero attached hydrogens (tertiary/aromatic N) is 3. The number of rotatable bonds is 6. The molecule has 6 heteroatoms. The van der Waals surface area contributed by atoms with Crippen molar-refractivity contribution in [3.05, 3.63) is 67.3 Å². The monoisotopic (exact) mass is 353 g/mol. The first kappa shape index (κ1) is 17.9. The van der Waals surface area contributed by atoms with Crippen LogP contribution in [0.2, 0.25) is 0 Å². The molecule has 1 N–H and O–H groups in total. The number of ether oxygens (including phenoxy) is 2. The van der Waals surface area contributed by atoms with E-state index in [1.807, 2.05) is 63.2 Å². The second-order valence-electron chi connectivity index (χ2n) is 7.08. The fourth-order valence-electron chi connectivity index (χ4n) is 2.39. The molecule has 0 saturated carbocycles. The Morgan fingerprint density at radius 2 is 1.54 bits per heavy atom. The van der Waals surface area contributed by atoms with Crippen LogP contribution in [-0.4, -0.2) is 26.0 Å². The zero-order valence-electron chi connectivity index (χ0n) is 15.1. The third-order valence-corrected chi connectivity index (χ3v) is 3.91. The maximum absolute atomic E-state index is 10.7. The third kappa shape index (κ3) is 4.40. The van der Waals surface area contributed by atoms with E-state index >= 15 is 0 Å². The van der Waals surface area contributed by atoms with Gasteiger partial charge in [0.1, 0.15) is 36.0 Å². The molecule has 26 heavy (non-hydrogen) atoms. The Bertz CT molecular complexity index is 797. The van der Waals surface area contributed by atoms with Gasteiger partial charge in [0.15, 0.2) is 0 Å². The van der Waals surface area contributed by atoms with Crippen molar-refractivity contribution in [2.24, 2.45) is 5.41 Å². The average molecular weight is 353 g/mol. The highest BCUT2D eigenvalue weighted by atomic mass is 16.5. The molecule has 0 amide bonds. The number of aromatic nitrogens is 3. The van der Waals surface area contributed by atoms with Crippen molar-refractivity contribution in [3.63, 3.8) is 0 Å². The van der Waals surface area contributed by atoms with Crippen LogP contribution in [0.15, 0.2) is 67.3 Å². The van der Waals surface area contributed by atoms with Crippen LogP contribution in [0.25, 0.3) is 0 Å². The fourth-order valence-corrected chi connectivity index (χ4v) is 2.39. The summed E-state index contributed by atoms with van der Waals surface area (Å²) in [7, 11) is 0. The second kappa shape index (κ2) is 7.58. The Morgan fingerprint density at radius 3 is 2.12 bits per heavy atom. The van der Waals surface area contributed by atoms with Crippen LogP contribution in [0.3, 0.4) is 0 Å². The predicted molar refractivity (Wildman–Crippen MR) is 98.1 cm³/mol. The summed E-state index contributed by atoms with van der Waals surface area (Å²) < 4.78 is 13.3. The standard InChI is InChI=1S/C20H23N3O3/c1-20(2,3)18(24)19(23-14-21-13-22-23)26-17-11-9-16(10-12-17)25-15-7-5-4-6-8-15/h4-14,18-19,24H,1-3H3. The van der Waals surface area contributed by atoms with Gasteiger partial charge in [0.05, 0.1) is 0 Å². The molecule has 0 bridgehead atoms. The van der Waals surface area contributed by atoms with Crippen molar-refractivity contribution in [1.29, 1.82) is 0 Å². The minimum Gasteiger partial charge on any atom is -0.466 e. The van der Waals surface area contributed by atoms with E-state index in [1.54, 1.807) is 12.1 Å². The van der Waals surface area contributed by atoms with Gasteiger partial charge in [-0.05, 0) is 41.8 Å². The minimum absolute atomic E-state index is 0.382. The molecule has 0 radical (unpaired) electrons. The summed E-state index contributed by atoms with van der Waals surface area (Å²) in [5.74, 6) is 2.08. The van der Waals surface area contributed by atoms with E-state index in [-0.39, 0.29) is 5.41 Å². The molecule has 0 aliphatic carbocycles. The molecule has 6 nitrogen and oxygen atoms in total. The van der Waals surface area contributed by atoms with Gasteiger partial charge >= 0.3 is 0 Å². The van der Waals surface area contributed by atoms with Crippen LogP contribution in [0, 0.1) is 5.41 Å². The molecule has 136 valence electrons. The van der Waals surface area contributed by atoms with Crippen LogP contribution in [0.5, 0.6) is 17.2 Å². The number of hydrogen-bond donors (Lipinski definition) is 1. The highest BCUT2D eigenvalue weighted by Gasteiger charge is 2.34. The van der Waals surface area contributed by atoms with Gasteiger partial charge in [0.25, 0.3) is 0 Å². The molecule has 2 unspecified atom stereocenters. The van der Waals surface area contributed by atoms with Crippen LogP contribution in [-0.2, 0) is 0 Å². The van der Waals surface area contributed by atoms with Crippen molar-refractivity contribution in [2.75, 3.05) is 0 Å². The van der Waals surface area contributed by atoms with Crippen LogP contribution >= 0.6 is 0 Å². The highest BCUT2D eigenvalue weighted by Crippen LogP contribution is 2.31. The molecule has 0 spiro atoms. The van der Waals surface area contributed by atoms with E-state index in [0.717, 1.165) is 5.75 Å². The Labute approximate surface area is 153 Å². The molecule has 3 aromatic rings. The van der Waals surface area contributed by atoms with Gasteiger partial charge in [0.2, 0.25) is 6.23 Å². The quantitative estimate of drug-likeness (QED) is 0.724. The van der Waals surface area contributed by atoms with E-state index in [9.17, 15) is 5.11 Å². The summed E-state index contributed by atoms with van der Waals surface area (Å²) in [5, 5.41) is 14.8. The van der Waals surface area contributed by atoms with Gasteiger partial charge in [-0.3, -0.25) is 0 Å². The topological polar surface area (TPSA) is 69.4 Å². The molecule has 2 atom stereocenters. The van der Waals surface area contributed by atoms with Gasteiger partial charge in [-0.25, -0.2) is 9.67 Å². The normalized spacial score (nSPS) is 13.8. The van der Waals surface area contributed by atoms with Gasteiger partial charge in [-0.15, -0.1) is 0 Å². The van der Waals surface area contributed by atoms with Crippen molar-refractivity contribution in [1.82, 2.24) is 14.8 Å². The van der Waals surface area contributed by atoms with Crippen molar-refractivity contribution in [3.8, 4) is 17.2 Å². The van der Waals surface area contributed by atoms with Gasteiger partial charge in [-0.2, -0.15) is 5.10 Å². The highest BCUT2D eigenvalue weighted by molar-refractivity contribution is 5.35. The van der Waals surface area contributed by atoms with Gasteiger partial charge in [0, 0.05) is 0 Å². The van der Waals surface area contributed by atoms with Crippen LogP contribution in [0.1, 0.15) is 27.0 Å². The first-order valence-corrected chi connectivity index (χ1v) is 8.45. The molecule has 0 aliphatic rings. The Balaban J connectivity index is 1.75. The summed E-state index contributed by atoms with van der Waals surface area (Å²) >= 11 is 0. The lowest BCUT2D eigenvalue weighted by Gasteiger charge is -2.32. The summed E-state index contributed by atoms with van der Waals surface area (Å²) in [6.07, 6.45) is 1.50. The minimum atomic E-state index is -0.774. The molecular weight excluding hydrogens is 330 g/mol. The first-order valence-electron chi connectivity index (χ1n) is 8.45. The van der Waals surface area contributed by atoms with Gasteiger partial charge in [-0.1, -0.05) is 39.0 Å². The maximum atomic E-state index is 10.7. The van der Waals surface area contributed by atoms with E-state index in [1.165, 1.54) is 17.3 Å². The zero-order valence-corrected chi connectivity index (χ0v) is 15.1. The lowest BCUT2D eigenvalue weighted by Crippen LogP contribution is -2.38. The first-order chi connectivity index (χ1) is 12.4. The number of para-hydroxylation sites is 1. The maximum Gasteiger partial charge on any atom is 0.219 e. The molecule has 0 saturated heterocycles. The molecule has 2 aromatic carbocycles. The predicted octanol–water partition coefficient (Wildman–Crippen LogP) is 4.06. The third-order valence-electron chi connectivity index (χ3n) is 3.91. The number of aliphatic hydroxyl groups is 1. The molecule has 1 heterocycles. The molecular formula is C20H23N3O3. The van der Waals surface area contributed by atoms with Crippen molar-refractivity contribution >= 4 is 0 Å². The number of hydrogen-bond acceptors (Lipinski definition) is 5. The Hall–Kier alpha value is -2.86. The van der Waals surface area contributed by atoms with E-state index in [4.69, 9.17) is 9.47 Å². The summed E-state index contributed by atoms with van der Waals surface area (Å²) in [4.78, 5) is 3.95. The SMILES string of the molecule is CC(C)(C)C(O)C(Oc1ccc(Oc2ccccc2)cc1)n1cncn1. The van der Waals surface area contributed by atoms with E-state index in [2.05, 4.69) is 10.1 Å². The van der Waals surface area contributed by atoms with E-state index < -0.39 is 12.3 Å². The summed E-state index contributed by atoms with van der Waals surface area (Å²) in [6.45, 7) is 5.84. The Kier molecular flexibility index (Phi) is 5.23. The molecule has 3 rings (SSSR count). The fraction of sp³-hybridized carbons (Fsp3) is 0.300. The van der Waals surface area contributed by atoms with Crippen molar-refractivity contribution < 1.29 is 14.6 Å². The van der Waals surface area contributed by atoms with Crippen LogP contribution < -0.4 is 9.47 Å². The summed E-state index contributed by atoms with van der Waals surface area (Å²) in [5.41, 5.74) is -0.382. The van der Waals surface area contributed by atoms with Crippen molar-refractivity contribution in [2.45, 2.75) is 33.1 Å². The lowest BCUT2D eigenvalue weighted by atomic mass is 9.88. The molecule has 1 aromatic heterocycles. The van der Waals surface area contributed by atoms with Crippen LogP contribution in [0.4, 0.5) is 0 Å². The molecule has 0 aliphatic heterocycles. The molecule has 0 fully saturated rings. The number of aliphatic hydroxyl groups excluding tert-OH is 1. The Morgan fingerprint density at radius 1 is 0.923 bits per heavy atom. The average Bonchev–Trinajstić information content (AvgIpc) is 3.15. The zero-order chi connectivity index (χ0) is 18.6. The largest absolute Gasteiger partial charge is 0.466 e. The lowest BCUT2D eigenvalue weighted by molar-refractivity contribution is -0.0731. The van der Waals surface area contributed by atoms with Gasteiger partial charge < -0.3 is 14.6 Å². The van der Waals surface area contributed by atoms with E-state index in [0.29, 0.717) is 11.5 Å². The number of benzene rings is 2.